The van der Waals surface area contributed by atoms with Crippen molar-refractivity contribution in [1.29, 1.82) is 5.26 Å². The summed E-state index contributed by atoms with van der Waals surface area (Å²) in [4.78, 5) is 38.6. The maximum absolute atomic E-state index is 12.8. The molecular weight excluding hydrogens is 419 g/mol. The van der Waals surface area contributed by atoms with Gasteiger partial charge in [0, 0.05) is 13.1 Å². The number of amides is 1. The van der Waals surface area contributed by atoms with Gasteiger partial charge in [-0.25, -0.2) is 4.98 Å². The van der Waals surface area contributed by atoms with Crippen molar-refractivity contribution in [2.45, 2.75) is 26.1 Å². The summed E-state index contributed by atoms with van der Waals surface area (Å²) >= 11 is 5.87. The van der Waals surface area contributed by atoms with Gasteiger partial charge < -0.3 is 10.1 Å². The molecule has 152 valence electrons. The highest BCUT2D eigenvalue weighted by Crippen LogP contribution is 2.32. The molecule has 1 N–H and O–H groups in total. The molecule has 1 unspecified atom stereocenters. The highest BCUT2D eigenvalue weighted by molar-refractivity contribution is 6.32. The van der Waals surface area contributed by atoms with Gasteiger partial charge >= 0.3 is 12.1 Å². The van der Waals surface area contributed by atoms with Gasteiger partial charge in [0.05, 0.1) is 16.8 Å². The minimum absolute atomic E-state index is 0.207. The Morgan fingerprint density at radius 3 is 2.45 bits per heavy atom. The van der Waals surface area contributed by atoms with Crippen LogP contribution in [0, 0.1) is 11.3 Å². The number of halogens is 4. The first kappa shape index (κ1) is 21.8. The molecule has 2 aromatic rings. The number of nitriles is 1. The molecule has 0 aliphatic heterocycles. The summed E-state index contributed by atoms with van der Waals surface area (Å²) in [6, 6.07) is 2.31. The number of hydrogen-bond donors (Lipinski definition) is 1. The smallest absolute Gasteiger partial charge is 0.417 e. The van der Waals surface area contributed by atoms with Gasteiger partial charge in [0.2, 0.25) is 6.10 Å². The van der Waals surface area contributed by atoms with E-state index >= 15 is 0 Å². The normalized spacial score (nSPS) is 12.0. The number of esters is 1. The van der Waals surface area contributed by atoms with Crippen LogP contribution in [0.15, 0.2) is 18.5 Å². The number of nitrogens with zero attached hydrogens (tertiary/aromatic N) is 4. The number of anilines is 1. The fourth-order valence-corrected chi connectivity index (χ4v) is 2.37. The lowest BCUT2D eigenvalue weighted by Crippen LogP contribution is -2.38. The molecule has 1 atom stereocenters. The molecule has 2 heterocycles. The Morgan fingerprint density at radius 1 is 1.31 bits per heavy atom. The number of carbonyl (C=O) groups excluding carboxylic acids is 3. The number of rotatable bonds is 5. The van der Waals surface area contributed by atoms with Crippen molar-refractivity contribution in [3.8, 4) is 11.9 Å². The second-order valence-corrected chi connectivity index (χ2v) is 5.95. The lowest BCUT2D eigenvalue weighted by atomic mass is 10.2. The fourth-order valence-electron chi connectivity index (χ4n) is 2.12. The largest absolute Gasteiger partial charge is 0.444 e. The van der Waals surface area contributed by atoms with E-state index in [2.05, 4.69) is 20.1 Å². The van der Waals surface area contributed by atoms with Crippen LogP contribution in [0.25, 0.3) is 5.82 Å². The predicted octanol–water partition coefficient (Wildman–Crippen LogP) is 2.27. The molecule has 0 aliphatic rings. The number of aromatic nitrogens is 3. The molecule has 0 saturated carbocycles. The molecule has 0 radical (unpaired) electrons. The molecule has 2 rings (SSSR count). The van der Waals surface area contributed by atoms with Crippen molar-refractivity contribution in [2.24, 2.45) is 0 Å². The van der Waals surface area contributed by atoms with Crippen LogP contribution in [-0.2, 0) is 25.3 Å². The van der Waals surface area contributed by atoms with E-state index < -0.39 is 40.5 Å². The predicted molar refractivity (Wildman–Crippen MR) is 91.0 cm³/mol. The van der Waals surface area contributed by atoms with Gasteiger partial charge in [-0.1, -0.05) is 11.6 Å². The Hall–Kier alpha value is -3.46. The van der Waals surface area contributed by atoms with E-state index in [1.54, 1.807) is 6.07 Å². The third kappa shape index (κ3) is 4.88. The summed E-state index contributed by atoms with van der Waals surface area (Å²) in [6.07, 6.45) is -5.00. The first-order valence-corrected chi connectivity index (χ1v) is 8.03. The van der Waals surface area contributed by atoms with Gasteiger partial charge in [0.1, 0.15) is 11.6 Å². The molecule has 0 saturated heterocycles. The number of nitrogens with one attached hydrogen (secondary N) is 1. The Balaban J connectivity index is 2.47. The molecule has 13 heteroatoms. The van der Waals surface area contributed by atoms with Crippen molar-refractivity contribution >= 4 is 35.1 Å². The van der Waals surface area contributed by atoms with Crippen LogP contribution in [-0.4, -0.2) is 38.5 Å². The number of carbonyl (C=O) groups is 3. The monoisotopic (exact) mass is 429 g/mol. The Kier molecular flexibility index (Phi) is 6.23. The molecule has 0 bridgehead atoms. The summed E-state index contributed by atoms with van der Waals surface area (Å²) < 4.78 is 43.8. The Labute approximate surface area is 166 Å². The van der Waals surface area contributed by atoms with Gasteiger partial charge in [-0.2, -0.15) is 28.2 Å². The standard InChI is InChI=1S/C16H11ClF3N5O4/c1-7(26)12(29-8(2)27)15(28)24-13-9(4-21)5-23-25(13)14-11(17)3-10(6-22-14)16(18,19)20/h3,5-6,12H,1-2H3,(H,24,28). The molecule has 1 amide bonds. The topological polar surface area (TPSA) is 127 Å². The molecule has 2 aromatic heterocycles. The number of alkyl halides is 3. The fraction of sp³-hybridized carbons (Fsp3) is 0.250. The van der Waals surface area contributed by atoms with Crippen molar-refractivity contribution < 1.29 is 32.3 Å². The molecule has 29 heavy (non-hydrogen) atoms. The van der Waals surface area contributed by atoms with E-state index in [1.807, 2.05) is 0 Å². The summed E-state index contributed by atoms with van der Waals surface area (Å²) in [5, 5.41) is 14.7. The van der Waals surface area contributed by atoms with Crippen LogP contribution in [0.3, 0.4) is 0 Å². The first-order valence-electron chi connectivity index (χ1n) is 7.65. The van der Waals surface area contributed by atoms with Crippen LogP contribution in [0.4, 0.5) is 19.0 Å². The zero-order valence-corrected chi connectivity index (χ0v) is 15.5. The molecule has 0 spiro atoms. The van der Waals surface area contributed by atoms with E-state index in [1.165, 1.54) is 0 Å². The summed E-state index contributed by atoms with van der Waals surface area (Å²) in [6.45, 7) is 1.99. The van der Waals surface area contributed by atoms with Crippen LogP contribution in [0.1, 0.15) is 25.0 Å². The van der Waals surface area contributed by atoms with E-state index in [4.69, 9.17) is 11.6 Å². The zero-order chi connectivity index (χ0) is 21.9. The highest BCUT2D eigenvalue weighted by atomic mass is 35.5. The average Bonchev–Trinajstić information content (AvgIpc) is 3.00. The van der Waals surface area contributed by atoms with Crippen molar-refractivity contribution in [2.75, 3.05) is 5.32 Å². The maximum Gasteiger partial charge on any atom is 0.417 e. The molecule has 0 fully saturated rings. The van der Waals surface area contributed by atoms with Crippen LogP contribution in [0.2, 0.25) is 5.02 Å². The second-order valence-electron chi connectivity index (χ2n) is 5.55. The van der Waals surface area contributed by atoms with Gasteiger partial charge in [0.15, 0.2) is 17.4 Å². The van der Waals surface area contributed by atoms with Gasteiger partial charge in [-0.15, -0.1) is 0 Å². The van der Waals surface area contributed by atoms with E-state index in [0.29, 0.717) is 12.3 Å². The van der Waals surface area contributed by atoms with Crippen molar-refractivity contribution in [3.63, 3.8) is 0 Å². The highest BCUT2D eigenvalue weighted by Gasteiger charge is 2.33. The summed E-state index contributed by atoms with van der Waals surface area (Å²) in [5.74, 6) is -3.45. The quantitative estimate of drug-likeness (QED) is 0.570. The molecular formula is C16H11ClF3N5O4. The summed E-state index contributed by atoms with van der Waals surface area (Å²) in [5.41, 5.74) is -1.32. The minimum Gasteiger partial charge on any atom is -0.444 e. The van der Waals surface area contributed by atoms with Crippen molar-refractivity contribution in [1.82, 2.24) is 14.8 Å². The third-order valence-electron chi connectivity index (χ3n) is 3.37. The molecule has 0 aliphatic carbocycles. The average molecular weight is 430 g/mol. The van der Waals surface area contributed by atoms with E-state index in [9.17, 15) is 32.8 Å². The second kappa shape index (κ2) is 8.27. The van der Waals surface area contributed by atoms with Gasteiger partial charge in [-0.05, 0) is 13.0 Å². The molecule has 9 nitrogen and oxygen atoms in total. The Bertz CT molecular complexity index is 1030. The first-order chi connectivity index (χ1) is 13.5. The maximum atomic E-state index is 12.8. The van der Waals surface area contributed by atoms with Gasteiger partial charge in [-0.3, -0.25) is 14.4 Å². The van der Waals surface area contributed by atoms with Crippen LogP contribution < -0.4 is 5.32 Å². The van der Waals surface area contributed by atoms with Crippen LogP contribution in [0.5, 0.6) is 0 Å². The summed E-state index contributed by atoms with van der Waals surface area (Å²) in [7, 11) is 0. The SMILES string of the molecule is CC(=O)OC(C(C)=O)C(=O)Nc1c(C#N)cnn1-c1ncc(C(F)(F)F)cc1Cl. The van der Waals surface area contributed by atoms with Gasteiger partial charge in [0.25, 0.3) is 5.91 Å². The van der Waals surface area contributed by atoms with Crippen molar-refractivity contribution in [3.05, 3.63) is 34.6 Å². The number of Topliss-reactive ketones (excluding diaryl/α,β-unsaturated/α-hetero) is 1. The number of ketones is 1. The van der Waals surface area contributed by atoms with E-state index in [0.717, 1.165) is 24.7 Å². The number of hydrogen-bond acceptors (Lipinski definition) is 7. The third-order valence-corrected chi connectivity index (χ3v) is 3.65. The lowest BCUT2D eigenvalue weighted by Gasteiger charge is -2.15. The minimum atomic E-state index is -4.69. The number of pyridine rings is 1. The number of ether oxygens (including phenoxy) is 1. The Morgan fingerprint density at radius 2 is 1.97 bits per heavy atom. The molecule has 0 aromatic carbocycles. The zero-order valence-electron chi connectivity index (χ0n) is 14.7. The lowest BCUT2D eigenvalue weighted by molar-refractivity contribution is -0.157. The van der Waals surface area contributed by atoms with Crippen LogP contribution >= 0.6 is 11.6 Å². The van der Waals surface area contributed by atoms with E-state index in [-0.39, 0.29) is 17.2 Å².